The summed E-state index contributed by atoms with van der Waals surface area (Å²) in [5.74, 6) is 1.13. The Morgan fingerprint density at radius 1 is 0.939 bits per heavy atom. The van der Waals surface area contributed by atoms with Gasteiger partial charge in [-0.05, 0) is 79.2 Å². The maximum Gasteiger partial charge on any atom is 0.416 e. The molecule has 0 saturated carbocycles. The first-order chi connectivity index (χ1) is 23.4. The van der Waals surface area contributed by atoms with Crippen molar-refractivity contribution in [2.75, 3.05) is 38.7 Å². The van der Waals surface area contributed by atoms with Crippen molar-refractivity contribution in [2.45, 2.75) is 25.7 Å². The second-order valence-corrected chi connectivity index (χ2v) is 12.1. The molecule has 254 valence electrons. The van der Waals surface area contributed by atoms with Crippen LogP contribution in [0.5, 0.6) is 17.4 Å². The van der Waals surface area contributed by atoms with Crippen molar-refractivity contribution >= 4 is 28.4 Å². The van der Waals surface area contributed by atoms with Crippen molar-refractivity contribution in [3.63, 3.8) is 0 Å². The summed E-state index contributed by atoms with van der Waals surface area (Å²) < 4.78 is 51.8. The molecular weight excluding hydrogens is 635 g/mol. The number of hydrogen-bond donors (Lipinski definition) is 0. The third-order valence-electron chi connectivity index (χ3n) is 8.87. The zero-order valence-electron chi connectivity index (χ0n) is 27.6. The lowest BCUT2D eigenvalue weighted by Crippen LogP contribution is -2.53. The zero-order chi connectivity index (χ0) is 34.9. The monoisotopic (exact) mass is 671 g/mol. The molecule has 5 aromatic rings. The van der Waals surface area contributed by atoms with E-state index in [1.54, 1.807) is 25.3 Å². The molecular formula is C37H36F3N5O4. The molecule has 0 N–H and O–H groups in total. The van der Waals surface area contributed by atoms with Gasteiger partial charge < -0.3 is 23.8 Å². The Hall–Kier alpha value is -5.36. The second kappa shape index (κ2) is 13.6. The number of methoxy groups -OCH3 is 1. The number of rotatable bonds is 8. The quantitative estimate of drug-likeness (QED) is 0.177. The predicted molar refractivity (Wildman–Crippen MR) is 180 cm³/mol. The summed E-state index contributed by atoms with van der Waals surface area (Å²) in [6.07, 6.45) is -3.03. The molecule has 1 saturated heterocycles. The second-order valence-electron chi connectivity index (χ2n) is 12.1. The lowest BCUT2D eigenvalue weighted by Gasteiger charge is -2.40. The van der Waals surface area contributed by atoms with Crippen LogP contribution in [0.15, 0.2) is 91.1 Å². The molecule has 2 aromatic heterocycles. The third-order valence-corrected chi connectivity index (χ3v) is 8.87. The molecule has 3 heterocycles. The average Bonchev–Trinajstić information content (AvgIpc) is 3.43. The highest BCUT2D eigenvalue weighted by Gasteiger charge is 2.31. The number of amides is 2. The van der Waals surface area contributed by atoms with Crippen LogP contribution in [-0.4, -0.2) is 71.0 Å². The van der Waals surface area contributed by atoms with Gasteiger partial charge in [0.05, 0.1) is 24.6 Å². The highest BCUT2D eigenvalue weighted by atomic mass is 19.4. The molecule has 1 aliphatic rings. The number of aromatic nitrogens is 2. The number of ether oxygens (including phenoxy) is 2. The van der Waals surface area contributed by atoms with Gasteiger partial charge in [0.25, 0.3) is 11.8 Å². The number of nitrogens with zero attached hydrogens (tertiary/aromatic N) is 5. The highest BCUT2D eigenvalue weighted by Crippen LogP contribution is 2.31. The predicted octanol–water partition coefficient (Wildman–Crippen LogP) is 7.02. The summed E-state index contributed by atoms with van der Waals surface area (Å²) in [4.78, 5) is 36.5. The number of halogens is 3. The SMILES string of the molecule is COc1ccc(CN2CCN(C(=O)c3cc4cc(Oc5ccc(N(C)C(=O)c6ccc(C(F)(F)F)cc6)cn5)ccc4n3C)[C@@H](C)C2)cc1. The van der Waals surface area contributed by atoms with Gasteiger partial charge in [0.2, 0.25) is 5.88 Å². The van der Waals surface area contributed by atoms with Crippen LogP contribution in [-0.2, 0) is 19.8 Å². The molecule has 1 atom stereocenters. The molecule has 49 heavy (non-hydrogen) atoms. The largest absolute Gasteiger partial charge is 0.497 e. The van der Waals surface area contributed by atoms with E-state index in [4.69, 9.17) is 9.47 Å². The number of pyridine rings is 1. The first kappa shape index (κ1) is 33.5. The molecule has 0 unspecified atom stereocenters. The van der Waals surface area contributed by atoms with E-state index in [1.165, 1.54) is 23.7 Å². The fourth-order valence-corrected chi connectivity index (χ4v) is 6.08. The van der Waals surface area contributed by atoms with Gasteiger partial charge in [0.15, 0.2) is 0 Å². The van der Waals surface area contributed by atoms with Gasteiger partial charge in [-0.3, -0.25) is 14.5 Å². The van der Waals surface area contributed by atoms with Crippen molar-refractivity contribution in [1.29, 1.82) is 0 Å². The number of aryl methyl sites for hydroxylation is 1. The Kier molecular flexibility index (Phi) is 9.33. The number of benzene rings is 3. The number of alkyl halides is 3. The molecule has 12 heteroatoms. The van der Waals surface area contributed by atoms with Gasteiger partial charge in [0, 0.05) is 68.8 Å². The molecule has 0 spiro atoms. The minimum absolute atomic E-state index is 0.0232. The Morgan fingerprint density at radius 2 is 1.65 bits per heavy atom. The zero-order valence-corrected chi connectivity index (χ0v) is 27.6. The van der Waals surface area contributed by atoms with Crippen LogP contribution in [0.1, 0.15) is 38.9 Å². The van der Waals surface area contributed by atoms with Crippen LogP contribution in [0.2, 0.25) is 0 Å². The number of carbonyl (C=O) groups excluding carboxylic acids is 2. The molecule has 1 fully saturated rings. The topological polar surface area (TPSA) is 80.1 Å². The Labute approximate surface area is 282 Å². The van der Waals surface area contributed by atoms with Gasteiger partial charge in [-0.25, -0.2) is 4.98 Å². The van der Waals surface area contributed by atoms with Gasteiger partial charge in [-0.1, -0.05) is 12.1 Å². The number of fused-ring (bicyclic) bond motifs is 1. The minimum atomic E-state index is -4.48. The van der Waals surface area contributed by atoms with Gasteiger partial charge >= 0.3 is 6.18 Å². The molecule has 0 radical (unpaired) electrons. The molecule has 9 nitrogen and oxygen atoms in total. The van der Waals surface area contributed by atoms with E-state index >= 15 is 0 Å². The maximum atomic E-state index is 13.8. The van der Waals surface area contributed by atoms with E-state index < -0.39 is 17.6 Å². The smallest absolute Gasteiger partial charge is 0.416 e. The molecule has 6 rings (SSSR count). The summed E-state index contributed by atoms with van der Waals surface area (Å²) in [6.45, 7) is 5.05. The lowest BCUT2D eigenvalue weighted by atomic mass is 10.1. The molecule has 0 aliphatic carbocycles. The third kappa shape index (κ3) is 7.24. The van der Waals surface area contributed by atoms with Crippen molar-refractivity contribution in [3.8, 4) is 17.4 Å². The van der Waals surface area contributed by atoms with Crippen molar-refractivity contribution in [3.05, 3.63) is 114 Å². The standard InChI is InChI=1S/C37H36F3N5O4/c1-24-22-44(23-25-5-12-30(48-4)13-6-25)17-18-45(24)36(47)33-20-27-19-31(14-15-32(27)43(33)3)49-34-16-11-29(21-41-34)42(2)35(46)26-7-9-28(10-8-26)37(38,39)40/h5-16,19-21,24H,17-18,22-23H2,1-4H3/t24-/m0/s1. The minimum Gasteiger partial charge on any atom is -0.497 e. The number of anilines is 1. The first-order valence-electron chi connectivity index (χ1n) is 15.8. The summed E-state index contributed by atoms with van der Waals surface area (Å²) in [7, 11) is 5.05. The van der Waals surface area contributed by atoms with E-state index in [1.807, 2.05) is 46.8 Å². The normalized spacial score (nSPS) is 15.3. The number of carbonyl (C=O) groups is 2. The summed E-state index contributed by atoms with van der Waals surface area (Å²) in [5, 5.41) is 0.840. The van der Waals surface area contributed by atoms with Crippen molar-refractivity contribution in [2.24, 2.45) is 7.05 Å². The van der Waals surface area contributed by atoms with Crippen LogP contribution in [0.25, 0.3) is 10.9 Å². The average molecular weight is 672 g/mol. The van der Waals surface area contributed by atoms with E-state index in [0.29, 0.717) is 23.7 Å². The number of piperazine rings is 1. The van der Waals surface area contributed by atoms with E-state index in [2.05, 4.69) is 28.9 Å². The van der Waals surface area contributed by atoms with Crippen LogP contribution in [0.4, 0.5) is 18.9 Å². The van der Waals surface area contributed by atoms with Crippen molar-refractivity contribution < 1.29 is 32.2 Å². The molecule has 0 bridgehead atoms. The summed E-state index contributed by atoms with van der Waals surface area (Å²) in [5.41, 5.74) is 2.40. The summed E-state index contributed by atoms with van der Waals surface area (Å²) in [6, 6.07) is 22.8. The maximum absolute atomic E-state index is 13.8. The Balaban J connectivity index is 1.09. The van der Waals surface area contributed by atoms with E-state index in [9.17, 15) is 22.8 Å². The summed E-state index contributed by atoms with van der Waals surface area (Å²) >= 11 is 0. The van der Waals surface area contributed by atoms with E-state index in [0.717, 1.165) is 60.6 Å². The number of hydrogen-bond acceptors (Lipinski definition) is 6. The Bertz CT molecular complexity index is 1960. The van der Waals surface area contributed by atoms with Crippen LogP contribution in [0, 0.1) is 0 Å². The van der Waals surface area contributed by atoms with Crippen molar-refractivity contribution in [1.82, 2.24) is 19.4 Å². The molecule has 1 aliphatic heterocycles. The fraction of sp³-hybridized carbons (Fsp3) is 0.270. The van der Waals surface area contributed by atoms with Crippen LogP contribution < -0.4 is 14.4 Å². The highest BCUT2D eigenvalue weighted by molar-refractivity contribution is 6.05. The van der Waals surface area contributed by atoms with Crippen LogP contribution in [0.3, 0.4) is 0 Å². The van der Waals surface area contributed by atoms with E-state index in [-0.39, 0.29) is 23.4 Å². The Morgan fingerprint density at radius 3 is 2.29 bits per heavy atom. The van der Waals surface area contributed by atoms with Crippen LogP contribution >= 0.6 is 0 Å². The fourth-order valence-electron chi connectivity index (χ4n) is 6.08. The van der Waals surface area contributed by atoms with Gasteiger partial charge in [-0.2, -0.15) is 13.2 Å². The molecule has 2 amide bonds. The van der Waals surface area contributed by atoms with Gasteiger partial charge in [-0.15, -0.1) is 0 Å². The lowest BCUT2D eigenvalue weighted by molar-refractivity contribution is -0.137. The van der Waals surface area contributed by atoms with Gasteiger partial charge in [0.1, 0.15) is 17.2 Å². The molecule has 3 aromatic carbocycles. The first-order valence-corrected chi connectivity index (χ1v) is 15.8.